The van der Waals surface area contributed by atoms with Crippen LogP contribution in [0.15, 0.2) is 48.5 Å². The number of anilines is 2. The Morgan fingerprint density at radius 3 is 2.12 bits per heavy atom. The largest absolute Gasteiger partial charge is 0.497 e. The van der Waals surface area contributed by atoms with Crippen LogP contribution in [0.1, 0.15) is 13.8 Å². The molecule has 2 N–H and O–H groups in total. The Labute approximate surface area is 139 Å². The summed E-state index contributed by atoms with van der Waals surface area (Å²) in [6, 6.07) is 12.5. The van der Waals surface area contributed by atoms with Crippen molar-refractivity contribution in [1.29, 1.82) is 0 Å². The first-order chi connectivity index (χ1) is 11.3. The monoisotopic (exact) mass is 330 g/mol. The van der Waals surface area contributed by atoms with E-state index in [0.717, 1.165) is 0 Å². The van der Waals surface area contributed by atoms with Crippen molar-refractivity contribution in [1.82, 2.24) is 0 Å². The standard InChI is InChI=1S/C18H19FN2O3/c1-18(2,17(23)21-15-7-5-4-6-14(15)19)16(22)20-12-8-10-13(24-3)11-9-12/h4-11H,1-3H3,(H,20,22)(H,21,23). The van der Waals surface area contributed by atoms with Crippen LogP contribution in [0.2, 0.25) is 0 Å². The molecule has 0 aliphatic heterocycles. The van der Waals surface area contributed by atoms with Crippen LogP contribution >= 0.6 is 0 Å². The molecule has 24 heavy (non-hydrogen) atoms. The van der Waals surface area contributed by atoms with Gasteiger partial charge in [-0.05, 0) is 50.2 Å². The summed E-state index contributed by atoms with van der Waals surface area (Å²) in [5.41, 5.74) is -0.817. The minimum absolute atomic E-state index is 0.0350. The van der Waals surface area contributed by atoms with Gasteiger partial charge in [0.1, 0.15) is 17.0 Å². The number of nitrogens with one attached hydrogen (secondary N) is 2. The van der Waals surface area contributed by atoms with Crippen molar-refractivity contribution in [3.8, 4) is 5.75 Å². The molecule has 0 spiro atoms. The number of ether oxygens (including phenoxy) is 1. The fraction of sp³-hybridized carbons (Fsp3) is 0.222. The highest BCUT2D eigenvalue weighted by atomic mass is 19.1. The van der Waals surface area contributed by atoms with Crippen molar-refractivity contribution < 1.29 is 18.7 Å². The number of carbonyl (C=O) groups is 2. The topological polar surface area (TPSA) is 67.4 Å². The Bertz CT molecular complexity index is 742. The molecule has 0 saturated carbocycles. The Morgan fingerprint density at radius 1 is 0.958 bits per heavy atom. The molecule has 0 unspecified atom stereocenters. The zero-order valence-electron chi connectivity index (χ0n) is 13.7. The summed E-state index contributed by atoms with van der Waals surface area (Å²) in [7, 11) is 1.55. The van der Waals surface area contributed by atoms with Crippen molar-refractivity contribution in [2.24, 2.45) is 5.41 Å². The predicted molar refractivity (Wildman–Crippen MR) is 90.4 cm³/mol. The van der Waals surface area contributed by atoms with Gasteiger partial charge in [0.15, 0.2) is 0 Å². The van der Waals surface area contributed by atoms with E-state index in [1.165, 1.54) is 32.0 Å². The lowest BCUT2D eigenvalue weighted by Crippen LogP contribution is -2.41. The second-order valence-electron chi connectivity index (χ2n) is 5.74. The number of methoxy groups -OCH3 is 1. The van der Waals surface area contributed by atoms with Gasteiger partial charge in [0.2, 0.25) is 11.8 Å². The number of para-hydroxylation sites is 1. The van der Waals surface area contributed by atoms with Crippen molar-refractivity contribution in [2.45, 2.75) is 13.8 Å². The van der Waals surface area contributed by atoms with Gasteiger partial charge in [-0.15, -0.1) is 0 Å². The molecule has 0 bridgehead atoms. The number of amides is 2. The molecule has 0 heterocycles. The third kappa shape index (κ3) is 3.90. The number of rotatable bonds is 5. The summed E-state index contributed by atoms with van der Waals surface area (Å²) in [6.07, 6.45) is 0. The average molecular weight is 330 g/mol. The second-order valence-corrected chi connectivity index (χ2v) is 5.74. The van der Waals surface area contributed by atoms with Crippen molar-refractivity contribution in [2.75, 3.05) is 17.7 Å². The number of halogens is 1. The lowest BCUT2D eigenvalue weighted by Gasteiger charge is -2.23. The molecule has 2 amide bonds. The molecule has 5 nitrogen and oxygen atoms in total. The molecule has 2 aromatic rings. The SMILES string of the molecule is COc1ccc(NC(=O)C(C)(C)C(=O)Nc2ccccc2F)cc1. The summed E-state index contributed by atoms with van der Waals surface area (Å²) in [5.74, 6) is -0.998. The normalized spacial score (nSPS) is 10.8. The maximum Gasteiger partial charge on any atom is 0.239 e. The second kappa shape index (κ2) is 7.12. The van der Waals surface area contributed by atoms with Gasteiger partial charge in [0.25, 0.3) is 0 Å². The van der Waals surface area contributed by atoms with Crippen LogP contribution in [-0.4, -0.2) is 18.9 Å². The van der Waals surface area contributed by atoms with Crippen LogP contribution < -0.4 is 15.4 Å². The highest BCUT2D eigenvalue weighted by Gasteiger charge is 2.36. The smallest absolute Gasteiger partial charge is 0.239 e. The minimum atomic E-state index is -1.39. The number of hydrogen-bond acceptors (Lipinski definition) is 3. The molecule has 0 fully saturated rings. The highest BCUT2D eigenvalue weighted by molar-refractivity contribution is 6.14. The molecule has 0 atom stereocenters. The Balaban J connectivity index is 2.08. The molecule has 126 valence electrons. The van der Waals surface area contributed by atoms with Crippen LogP contribution in [0.3, 0.4) is 0 Å². The van der Waals surface area contributed by atoms with Crippen molar-refractivity contribution in [3.63, 3.8) is 0 Å². The first kappa shape index (κ1) is 17.5. The molecule has 6 heteroatoms. The van der Waals surface area contributed by atoms with Gasteiger partial charge >= 0.3 is 0 Å². The predicted octanol–water partition coefficient (Wildman–Crippen LogP) is 3.44. The van der Waals surface area contributed by atoms with Gasteiger partial charge in [-0.3, -0.25) is 9.59 Å². The van der Waals surface area contributed by atoms with Crippen LogP contribution in [0, 0.1) is 11.2 Å². The molecular weight excluding hydrogens is 311 g/mol. The first-order valence-corrected chi connectivity index (χ1v) is 7.36. The fourth-order valence-electron chi connectivity index (χ4n) is 1.91. The van der Waals surface area contributed by atoms with E-state index in [2.05, 4.69) is 10.6 Å². The van der Waals surface area contributed by atoms with E-state index in [1.807, 2.05) is 0 Å². The summed E-state index contributed by atoms with van der Waals surface area (Å²) in [6.45, 7) is 2.95. The Morgan fingerprint density at radius 2 is 1.54 bits per heavy atom. The molecule has 0 aliphatic rings. The highest BCUT2D eigenvalue weighted by Crippen LogP contribution is 2.23. The van der Waals surface area contributed by atoms with E-state index < -0.39 is 23.0 Å². The molecule has 0 radical (unpaired) electrons. The molecule has 2 aromatic carbocycles. The number of hydrogen-bond donors (Lipinski definition) is 2. The lowest BCUT2D eigenvalue weighted by atomic mass is 9.90. The molecule has 0 aromatic heterocycles. The third-order valence-corrected chi connectivity index (χ3v) is 3.61. The van der Waals surface area contributed by atoms with Gasteiger partial charge in [0.05, 0.1) is 12.8 Å². The molecule has 0 saturated heterocycles. The first-order valence-electron chi connectivity index (χ1n) is 7.36. The van der Waals surface area contributed by atoms with Gasteiger partial charge < -0.3 is 15.4 Å². The number of carbonyl (C=O) groups excluding carboxylic acids is 2. The summed E-state index contributed by atoms with van der Waals surface area (Å²) in [5, 5.41) is 5.11. The molecule has 2 rings (SSSR count). The van der Waals surface area contributed by atoms with Crippen LogP contribution in [0.5, 0.6) is 5.75 Å². The zero-order valence-corrected chi connectivity index (χ0v) is 13.7. The van der Waals surface area contributed by atoms with E-state index in [9.17, 15) is 14.0 Å². The van der Waals surface area contributed by atoms with Crippen molar-refractivity contribution >= 4 is 23.2 Å². The van der Waals surface area contributed by atoms with Crippen LogP contribution in [0.25, 0.3) is 0 Å². The van der Waals surface area contributed by atoms with E-state index in [-0.39, 0.29) is 5.69 Å². The van der Waals surface area contributed by atoms with Gasteiger partial charge in [-0.25, -0.2) is 4.39 Å². The Hall–Kier alpha value is -2.89. The average Bonchev–Trinajstić information content (AvgIpc) is 2.57. The minimum Gasteiger partial charge on any atom is -0.497 e. The van der Waals surface area contributed by atoms with Crippen LogP contribution in [-0.2, 0) is 9.59 Å². The number of benzene rings is 2. The quantitative estimate of drug-likeness (QED) is 0.825. The summed E-state index contributed by atoms with van der Waals surface area (Å²) < 4.78 is 18.7. The van der Waals surface area contributed by atoms with E-state index in [0.29, 0.717) is 11.4 Å². The Kier molecular flexibility index (Phi) is 5.18. The van der Waals surface area contributed by atoms with Gasteiger partial charge in [-0.1, -0.05) is 12.1 Å². The van der Waals surface area contributed by atoms with E-state index in [4.69, 9.17) is 4.74 Å². The van der Waals surface area contributed by atoms with E-state index >= 15 is 0 Å². The maximum absolute atomic E-state index is 13.6. The fourth-order valence-corrected chi connectivity index (χ4v) is 1.91. The zero-order chi connectivity index (χ0) is 17.7. The molecule has 0 aliphatic carbocycles. The third-order valence-electron chi connectivity index (χ3n) is 3.61. The summed E-state index contributed by atoms with van der Waals surface area (Å²) >= 11 is 0. The maximum atomic E-state index is 13.6. The molecular formula is C18H19FN2O3. The lowest BCUT2D eigenvalue weighted by molar-refractivity contribution is -0.135. The summed E-state index contributed by atoms with van der Waals surface area (Å²) in [4.78, 5) is 24.8. The van der Waals surface area contributed by atoms with Gasteiger partial charge in [0, 0.05) is 5.69 Å². The van der Waals surface area contributed by atoms with Gasteiger partial charge in [-0.2, -0.15) is 0 Å². The van der Waals surface area contributed by atoms with Crippen LogP contribution in [0.4, 0.5) is 15.8 Å². The van der Waals surface area contributed by atoms with Crippen molar-refractivity contribution in [3.05, 3.63) is 54.3 Å². The van der Waals surface area contributed by atoms with E-state index in [1.54, 1.807) is 37.4 Å².